The van der Waals surface area contributed by atoms with Crippen LogP contribution in [0.3, 0.4) is 0 Å². The minimum Gasteiger partial charge on any atom is -0.462 e. The van der Waals surface area contributed by atoms with Crippen molar-refractivity contribution in [2.24, 2.45) is 5.92 Å². The average Bonchev–Trinajstić information content (AvgIpc) is 0.903. The van der Waals surface area contributed by atoms with Crippen molar-refractivity contribution >= 4 is 39.5 Å². The van der Waals surface area contributed by atoms with Gasteiger partial charge in [0, 0.05) is 25.7 Å². The minimum absolute atomic E-state index is 0.108. The Hall–Kier alpha value is -1.94. The van der Waals surface area contributed by atoms with E-state index in [-0.39, 0.29) is 25.7 Å². The van der Waals surface area contributed by atoms with Crippen LogP contribution in [0.5, 0.6) is 0 Å². The Morgan fingerprint density at radius 3 is 0.645 bits per heavy atom. The molecule has 0 aliphatic carbocycles. The highest BCUT2D eigenvalue weighted by molar-refractivity contribution is 7.47. The van der Waals surface area contributed by atoms with Gasteiger partial charge in [0.25, 0.3) is 0 Å². The topological polar surface area (TPSA) is 237 Å². The van der Waals surface area contributed by atoms with E-state index in [1.165, 1.54) is 315 Å². The van der Waals surface area contributed by atoms with Crippen LogP contribution in [0.2, 0.25) is 0 Å². The van der Waals surface area contributed by atoms with Crippen molar-refractivity contribution in [2.45, 2.75) is 515 Å². The van der Waals surface area contributed by atoms with Crippen LogP contribution >= 0.6 is 15.6 Å². The van der Waals surface area contributed by atoms with Gasteiger partial charge >= 0.3 is 39.5 Å². The molecule has 3 N–H and O–H groups in total. The Bertz CT molecular complexity index is 2080. The van der Waals surface area contributed by atoms with Gasteiger partial charge in [-0.3, -0.25) is 37.3 Å². The molecule has 0 rings (SSSR count). The highest BCUT2D eigenvalue weighted by atomic mass is 31.2. The summed E-state index contributed by atoms with van der Waals surface area (Å²) in [5.74, 6) is -1.37. The number of aliphatic hydroxyl groups excluding tert-OH is 1. The predicted octanol–water partition coefficient (Wildman–Crippen LogP) is 28.3. The van der Waals surface area contributed by atoms with Crippen LogP contribution in [0.25, 0.3) is 0 Å². The lowest BCUT2D eigenvalue weighted by Crippen LogP contribution is -2.30. The van der Waals surface area contributed by atoms with Gasteiger partial charge in [-0.1, -0.05) is 446 Å². The molecule has 3 unspecified atom stereocenters. The molecular formula is C91H178O17P2. The molecule has 0 aliphatic heterocycles. The molecular weight excluding hydrogens is 1430 g/mol. The number of ether oxygens (including phenoxy) is 4. The molecule has 110 heavy (non-hydrogen) atoms. The molecule has 0 aromatic heterocycles. The van der Waals surface area contributed by atoms with Crippen molar-refractivity contribution in [1.29, 1.82) is 0 Å². The number of rotatable bonds is 91. The lowest BCUT2D eigenvalue weighted by Gasteiger charge is -2.21. The van der Waals surface area contributed by atoms with E-state index in [0.29, 0.717) is 25.7 Å². The molecule has 19 heteroatoms. The summed E-state index contributed by atoms with van der Waals surface area (Å²) in [5.41, 5.74) is 0. The maximum atomic E-state index is 13.2. The van der Waals surface area contributed by atoms with Crippen LogP contribution in [-0.2, 0) is 65.4 Å². The van der Waals surface area contributed by atoms with E-state index in [1.807, 2.05) is 0 Å². The first-order chi connectivity index (χ1) is 53.6. The van der Waals surface area contributed by atoms with Crippen LogP contribution in [0.15, 0.2) is 0 Å². The SMILES string of the molecule is CCCCCCCCCCCCCCCCCCCCCCCCC(=O)O[C@H](COC(=O)CCCCCCCCCCCCCCCCCCCCCCC)COP(=O)(O)OC[C@@H](O)COP(=O)(O)OC[C@@H](COC(=O)CCCCCCCCC(C)CC)OC(=O)CCCCCCCCCCCCCCCCCCC. The second-order valence-electron chi connectivity index (χ2n) is 32.9. The van der Waals surface area contributed by atoms with E-state index in [9.17, 15) is 43.2 Å². The van der Waals surface area contributed by atoms with Gasteiger partial charge < -0.3 is 33.8 Å². The Labute approximate surface area is 677 Å². The first-order valence-electron chi connectivity index (χ1n) is 47.2. The first kappa shape index (κ1) is 108. The highest BCUT2D eigenvalue weighted by Gasteiger charge is 2.31. The molecule has 0 bridgehead atoms. The smallest absolute Gasteiger partial charge is 0.462 e. The van der Waals surface area contributed by atoms with E-state index in [1.54, 1.807) is 0 Å². The van der Waals surface area contributed by atoms with Crippen LogP contribution < -0.4 is 0 Å². The molecule has 6 atom stereocenters. The number of unbranched alkanes of at least 4 members (excludes halogenated alkanes) is 62. The molecule has 0 aliphatic rings. The molecule has 0 amide bonds. The number of carbonyl (C=O) groups is 4. The summed E-state index contributed by atoms with van der Waals surface area (Å²) in [7, 11) is -9.93. The normalized spacial score (nSPS) is 13.9. The van der Waals surface area contributed by atoms with Crippen molar-refractivity contribution in [2.75, 3.05) is 39.6 Å². The zero-order chi connectivity index (χ0) is 80.4. The maximum absolute atomic E-state index is 13.2. The molecule has 0 fully saturated rings. The summed E-state index contributed by atoms with van der Waals surface area (Å²) in [6.45, 7) is 7.35. The van der Waals surface area contributed by atoms with Gasteiger partial charge in [-0.25, -0.2) is 9.13 Å². The van der Waals surface area contributed by atoms with E-state index < -0.39 is 97.5 Å². The van der Waals surface area contributed by atoms with Gasteiger partial charge in [-0.2, -0.15) is 0 Å². The van der Waals surface area contributed by atoms with Crippen LogP contribution in [0.4, 0.5) is 0 Å². The number of aliphatic hydroxyl groups is 1. The Morgan fingerprint density at radius 2 is 0.436 bits per heavy atom. The summed E-state index contributed by atoms with van der Waals surface area (Å²) in [6.07, 6.45) is 79.5. The Balaban J connectivity index is 5.21. The van der Waals surface area contributed by atoms with Gasteiger partial charge in [0.2, 0.25) is 0 Å². The van der Waals surface area contributed by atoms with Gasteiger partial charge in [-0.05, 0) is 31.6 Å². The Morgan fingerprint density at radius 1 is 0.255 bits per heavy atom. The molecule has 0 aromatic carbocycles. The van der Waals surface area contributed by atoms with Crippen molar-refractivity contribution in [3.63, 3.8) is 0 Å². The molecule has 0 radical (unpaired) electrons. The molecule has 17 nitrogen and oxygen atoms in total. The summed E-state index contributed by atoms with van der Waals surface area (Å²) in [6, 6.07) is 0. The van der Waals surface area contributed by atoms with E-state index in [4.69, 9.17) is 37.0 Å². The zero-order valence-electron chi connectivity index (χ0n) is 72.4. The first-order valence-corrected chi connectivity index (χ1v) is 50.2. The van der Waals surface area contributed by atoms with Gasteiger partial charge in [0.15, 0.2) is 12.2 Å². The summed E-state index contributed by atoms with van der Waals surface area (Å²) in [4.78, 5) is 73.4. The fourth-order valence-corrected chi connectivity index (χ4v) is 15.9. The number of hydrogen-bond donors (Lipinski definition) is 3. The molecule has 0 saturated heterocycles. The summed E-state index contributed by atoms with van der Waals surface area (Å²) in [5, 5.41) is 10.7. The average molecular weight is 1610 g/mol. The van der Waals surface area contributed by atoms with E-state index in [0.717, 1.165) is 102 Å². The van der Waals surface area contributed by atoms with Gasteiger partial charge in [0.1, 0.15) is 19.3 Å². The highest BCUT2D eigenvalue weighted by Crippen LogP contribution is 2.45. The van der Waals surface area contributed by atoms with Crippen LogP contribution in [-0.4, -0.2) is 96.7 Å². The fraction of sp³-hybridized carbons (Fsp3) is 0.956. The number of phosphoric ester groups is 2. The van der Waals surface area contributed by atoms with E-state index in [2.05, 4.69) is 34.6 Å². The largest absolute Gasteiger partial charge is 0.472 e. The van der Waals surface area contributed by atoms with Gasteiger partial charge in [0.05, 0.1) is 26.4 Å². The fourth-order valence-electron chi connectivity index (χ4n) is 14.3. The lowest BCUT2D eigenvalue weighted by atomic mass is 10.00. The maximum Gasteiger partial charge on any atom is 0.472 e. The minimum atomic E-state index is -4.97. The van der Waals surface area contributed by atoms with Gasteiger partial charge in [-0.15, -0.1) is 0 Å². The molecule has 0 aromatic rings. The zero-order valence-corrected chi connectivity index (χ0v) is 74.2. The predicted molar refractivity (Wildman–Crippen MR) is 455 cm³/mol. The monoisotopic (exact) mass is 1610 g/mol. The molecule has 654 valence electrons. The summed E-state index contributed by atoms with van der Waals surface area (Å²) >= 11 is 0. The number of esters is 4. The second kappa shape index (κ2) is 83.5. The van der Waals surface area contributed by atoms with Crippen LogP contribution in [0, 0.1) is 5.92 Å². The van der Waals surface area contributed by atoms with Crippen molar-refractivity contribution < 1.29 is 80.2 Å². The molecule has 0 heterocycles. The van der Waals surface area contributed by atoms with Crippen molar-refractivity contribution in [3.8, 4) is 0 Å². The number of hydrogen-bond acceptors (Lipinski definition) is 15. The van der Waals surface area contributed by atoms with Crippen molar-refractivity contribution in [3.05, 3.63) is 0 Å². The van der Waals surface area contributed by atoms with E-state index >= 15 is 0 Å². The van der Waals surface area contributed by atoms with Crippen LogP contribution in [0.1, 0.15) is 497 Å². The number of phosphoric acid groups is 2. The summed E-state index contributed by atoms with van der Waals surface area (Å²) < 4.78 is 69.0. The molecule has 0 spiro atoms. The third kappa shape index (κ3) is 82.6. The second-order valence-corrected chi connectivity index (χ2v) is 35.8. The van der Waals surface area contributed by atoms with Crippen molar-refractivity contribution in [1.82, 2.24) is 0 Å². The number of carbonyl (C=O) groups excluding carboxylic acids is 4. The Kier molecular flexibility index (Phi) is 82.1. The standard InChI is InChI=1S/C91H178O17P2/c1-6-10-13-16-19-22-25-28-31-34-36-38-40-42-45-48-51-54-57-60-67-71-76-90(95)107-86(80-101-88(93)74-69-64-58-55-52-49-46-44-41-39-37-35-32-29-26-23-20-17-14-11-7-2)82-105-109(97,98)103-78-85(92)79-104-110(99,100)106-83-87(81-102-89(94)75-70-65-62-61-63-68-73-84(5)9-4)108-91(96)77-72-66-59-56-53-50-47-43-33-30-27-24-21-18-15-12-8-3/h84-87,92H,6-83H2,1-5H3,(H,97,98)(H,99,100)/t84?,85-,86-,87-/m1/s1. The lowest BCUT2D eigenvalue weighted by molar-refractivity contribution is -0.161. The quantitative estimate of drug-likeness (QED) is 0.0222. The molecule has 0 saturated carbocycles. The third-order valence-electron chi connectivity index (χ3n) is 21.9. The third-order valence-corrected chi connectivity index (χ3v) is 23.8.